The molecule has 0 saturated heterocycles. The molecule has 4 aliphatic carbocycles. The molecule has 22 heavy (non-hydrogen) atoms. The molecule has 0 spiro atoms. The van der Waals surface area contributed by atoms with Crippen molar-refractivity contribution in [1.29, 1.82) is 0 Å². The number of aryl methyl sites for hydroxylation is 1. The Morgan fingerprint density at radius 3 is 2.23 bits per heavy atom. The first-order chi connectivity index (χ1) is 10.6. The van der Waals surface area contributed by atoms with E-state index in [-0.39, 0.29) is 5.41 Å². The molecule has 0 amide bonds. The van der Waals surface area contributed by atoms with Gasteiger partial charge in [0, 0.05) is 17.7 Å². The molecule has 5 rings (SSSR count). The highest BCUT2D eigenvalue weighted by atomic mass is 16.5. The van der Waals surface area contributed by atoms with Crippen LogP contribution in [0.3, 0.4) is 0 Å². The molecular weight excluding hydrogens is 272 g/mol. The van der Waals surface area contributed by atoms with E-state index in [0.717, 1.165) is 23.3 Å². The largest absolute Gasteiger partial charge is 0.507 e. The maximum atomic E-state index is 10.9. The Morgan fingerprint density at radius 1 is 1.09 bits per heavy atom. The van der Waals surface area contributed by atoms with Gasteiger partial charge in [0.05, 0.1) is 6.61 Å². The highest BCUT2D eigenvalue weighted by molar-refractivity contribution is 5.48. The quantitative estimate of drug-likeness (QED) is 0.873. The summed E-state index contributed by atoms with van der Waals surface area (Å²) in [6.07, 6.45) is 8.21. The lowest BCUT2D eigenvalue weighted by Crippen LogP contribution is -2.48. The fourth-order valence-corrected chi connectivity index (χ4v) is 6.02. The second-order valence-electron chi connectivity index (χ2n) is 8.16. The zero-order valence-electron chi connectivity index (χ0n) is 13.9. The van der Waals surface area contributed by atoms with Crippen molar-refractivity contribution in [2.24, 2.45) is 17.8 Å². The number of hydrogen-bond acceptors (Lipinski definition) is 2. The van der Waals surface area contributed by atoms with Gasteiger partial charge in [-0.05, 0) is 75.5 Å². The first-order valence-corrected chi connectivity index (χ1v) is 9.00. The fraction of sp³-hybridized carbons (Fsp3) is 0.700. The maximum absolute atomic E-state index is 10.9. The Morgan fingerprint density at radius 2 is 1.68 bits per heavy atom. The molecule has 0 radical (unpaired) electrons. The summed E-state index contributed by atoms with van der Waals surface area (Å²) in [5.74, 6) is 3.24. The lowest BCUT2D eigenvalue weighted by molar-refractivity contribution is -0.00631. The zero-order valence-corrected chi connectivity index (χ0v) is 13.9. The zero-order chi connectivity index (χ0) is 15.3. The molecule has 2 heteroatoms. The Bertz CT molecular complexity index is 540. The normalized spacial score (nSPS) is 36.0. The third-order valence-corrected chi connectivity index (χ3v) is 6.40. The van der Waals surface area contributed by atoms with Crippen LogP contribution in [0.1, 0.15) is 62.1 Å². The second-order valence-corrected chi connectivity index (χ2v) is 8.16. The van der Waals surface area contributed by atoms with Gasteiger partial charge in [-0.2, -0.15) is 0 Å². The van der Waals surface area contributed by atoms with Gasteiger partial charge in [-0.3, -0.25) is 0 Å². The van der Waals surface area contributed by atoms with Gasteiger partial charge >= 0.3 is 0 Å². The smallest absolute Gasteiger partial charge is 0.124 e. The van der Waals surface area contributed by atoms with Crippen LogP contribution < -0.4 is 0 Å². The summed E-state index contributed by atoms with van der Waals surface area (Å²) in [6, 6.07) is 4.35. The van der Waals surface area contributed by atoms with E-state index in [1.807, 2.05) is 6.92 Å². The summed E-state index contributed by atoms with van der Waals surface area (Å²) in [5, 5.41) is 10.9. The van der Waals surface area contributed by atoms with Crippen LogP contribution in [0.4, 0.5) is 0 Å². The van der Waals surface area contributed by atoms with Crippen molar-refractivity contribution < 1.29 is 9.84 Å². The van der Waals surface area contributed by atoms with Gasteiger partial charge in [-0.25, -0.2) is 0 Å². The van der Waals surface area contributed by atoms with Crippen LogP contribution in [0.2, 0.25) is 0 Å². The molecule has 1 N–H and O–H groups in total. The molecule has 0 aromatic heterocycles. The van der Waals surface area contributed by atoms with Crippen LogP contribution in [0.15, 0.2) is 12.1 Å². The van der Waals surface area contributed by atoms with E-state index in [0.29, 0.717) is 19.0 Å². The molecule has 0 aliphatic heterocycles. The predicted octanol–water partition coefficient (Wildman–Crippen LogP) is 4.70. The highest BCUT2D eigenvalue weighted by Crippen LogP contribution is 2.62. The molecule has 120 valence electrons. The van der Waals surface area contributed by atoms with Crippen LogP contribution >= 0.6 is 0 Å². The van der Waals surface area contributed by atoms with Gasteiger partial charge < -0.3 is 9.84 Å². The molecule has 1 aromatic carbocycles. The number of aromatic hydroxyl groups is 1. The van der Waals surface area contributed by atoms with Gasteiger partial charge in [0.25, 0.3) is 0 Å². The molecule has 4 saturated carbocycles. The van der Waals surface area contributed by atoms with Crippen LogP contribution in [0.5, 0.6) is 5.75 Å². The minimum absolute atomic E-state index is 0.256. The van der Waals surface area contributed by atoms with Crippen LogP contribution in [0.25, 0.3) is 0 Å². The van der Waals surface area contributed by atoms with Crippen LogP contribution in [-0.4, -0.2) is 11.7 Å². The Balaban J connectivity index is 1.74. The summed E-state index contributed by atoms with van der Waals surface area (Å²) >= 11 is 0. The van der Waals surface area contributed by atoms with E-state index in [2.05, 4.69) is 19.1 Å². The van der Waals surface area contributed by atoms with Gasteiger partial charge in [0.15, 0.2) is 0 Å². The van der Waals surface area contributed by atoms with Crippen molar-refractivity contribution in [2.45, 2.75) is 64.4 Å². The molecule has 0 atom stereocenters. The molecule has 4 aliphatic rings. The average Bonchev–Trinajstić information content (AvgIpc) is 2.46. The predicted molar refractivity (Wildman–Crippen MR) is 88.0 cm³/mol. The van der Waals surface area contributed by atoms with Gasteiger partial charge in [-0.15, -0.1) is 0 Å². The van der Waals surface area contributed by atoms with Gasteiger partial charge in [-0.1, -0.05) is 17.7 Å². The summed E-state index contributed by atoms with van der Waals surface area (Å²) in [4.78, 5) is 0. The first kappa shape index (κ1) is 14.6. The number of phenolic OH excluding ortho intramolecular Hbond substituents is 1. The topological polar surface area (TPSA) is 29.5 Å². The van der Waals surface area contributed by atoms with Crippen molar-refractivity contribution in [3.63, 3.8) is 0 Å². The fourth-order valence-electron chi connectivity index (χ4n) is 6.02. The molecule has 4 fully saturated rings. The monoisotopic (exact) mass is 300 g/mol. The molecule has 1 aromatic rings. The summed E-state index contributed by atoms with van der Waals surface area (Å²) in [5.41, 5.74) is 3.73. The van der Waals surface area contributed by atoms with E-state index in [9.17, 15) is 5.11 Å². The number of hydrogen-bond donors (Lipinski definition) is 1. The average molecular weight is 300 g/mol. The van der Waals surface area contributed by atoms with E-state index < -0.39 is 0 Å². The van der Waals surface area contributed by atoms with Crippen molar-refractivity contribution in [2.75, 3.05) is 6.61 Å². The standard InChI is InChI=1S/C20H28O2/c1-3-22-12-17-4-13(2)5-18(19(17)21)20-9-14-6-15(10-20)8-16(7-14)11-20/h4-5,14-16,21H,3,6-12H2,1-2H3. The lowest BCUT2D eigenvalue weighted by atomic mass is 9.48. The van der Waals surface area contributed by atoms with Crippen molar-refractivity contribution in [3.8, 4) is 5.75 Å². The summed E-state index contributed by atoms with van der Waals surface area (Å²) in [7, 11) is 0. The van der Waals surface area contributed by atoms with E-state index in [1.54, 1.807) is 0 Å². The van der Waals surface area contributed by atoms with Crippen LogP contribution in [0, 0.1) is 24.7 Å². The SMILES string of the molecule is CCOCc1cc(C)cc(C23CC4CC(CC(C4)C2)C3)c1O. The van der Waals surface area contributed by atoms with E-state index >= 15 is 0 Å². The Kier molecular flexibility index (Phi) is 3.48. The molecule has 2 nitrogen and oxygen atoms in total. The molecule has 0 unspecified atom stereocenters. The molecule has 0 heterocycles. The Hall–Kier alpha value is -1.02. The second kappa shape index (κ2) is 5.26. The van der Waals surface area contributed by atoms with Crippen LogP contribution in [-0.2, 0) is 16.8 Å². The van der Waals surface area contributed by atoms with Crippen molar-refractivity contribution in [3.05, 3.63) is 28.8 Å². The minimum Gasteiger partial charge on any atom is -0.507 e. The third kappa shape index (κ3) is 2.27. The number of ether oxygens (including phenoxy) is 1. The third-order valence-electron chi connectivity index (χ3n) is 6.40. The number of rotatable bonds is 4. The summed E-state index contributed by atoms with van der Waals surface area (Å²) < 4.78 is 5.57. The maximum Gasteiger partial charge on any atom is 0.124 e. The minimum atomic E-state index is 0.256. The van der Waals surface area contributed by atoms with Crippen molar-refractivity contribution in [1.82, 2.24) is 0 Å². The van der Waals surface area contributed by atoms with Gasteiger partial charge in [0.1, 0.15) is 5.75 Å². The van der Waals surface area contributed by atoms with Gasteiger partial charge in [0.2, 0.25) is 0 Å². The summed E-state index contributed by atoms with van der Waals surface area (Å²) in [6.45, 7) is 5.38. The van der Waals surface area contributed by atoms with E-state index in [4.69, 9.17) is 4.74 Å². The Labute approximate surface area is 133 Å². The molecule has 4 bridgehead atoms. The first-order valence-electron chi connectivity index (χ1n) is 9.00. The molecular formula is C20H28O2. The van der Waals surface area contributed by atoms with Crippen molar-refractivity contribution >= 4 is 0 Å². The number of benzene rings is 1. The van der Waals surface area contributed by atoms with E-state index in [1.165, 1.54) is 49.7 Å². The lowest BCUT2D eigenvalue weighted by Gasteiger charge is -2.57. The number of phenols is 1. The highest BCUT2D eigenvalue weighted by Gasteiger charge is 2.52.